The number of nitrogens with zero attached hydrogens (tertiary/aromatic N) is 2. The Morgan fingerprint density at radius 2 is 2.24 bits per heavy atom. The maximum atomic E-state index is 12.2. The van der Waals surface area contributed by atoms with Gasteiger partial charge in [-0.15, -0.1) is 11.3 Å². The molecule has 0 atom stereocenters. The van der Waals surface area contributed by atoms with Crippen LogP contribution in [-0.4, -0.2) is 46.8 Å². The van der Waals surface area contributed by atoms with Crippen LogP contribution in [0.3, 0.4) is 0 Å². The van der Waals surface area contributed by atoms with Gasteiger partial charge < -0.3 is 10.0 Å². The van der Waals surface area contributed by atoms with Gasteiger partial charge in [0, 0.05) is 6.54 Å². The molecule has 0 aromatic carbocycles. The number of thiazole rings is 1. The zero-order valence-electron chi connectivity index (χ0n) is 8.99. The van der Waals surface area contributed by atoms with Crippen molar-refractivity contribution in [2.24, 2.45) is 0 Å². The van der Waals surface area contributed by atoms with Crippen molar-refractivity contribution < 1.29 is 23.1 Å². The molecule has 1 heterocycles. The smallest absolute Gasteiger partial charge is 0.395 e. The van der Waals surface area contributed by atoms with Gasteiger partial charge in [-0.3, -0.25) is 4.79 Å². The second-order valence-electron chi connectivity index (χ2n) is 3.33. The van der Waals surface area contributed by atoms with Crippen molar-refractivity contribution in [2.75, 3.05) is 19.7 Å². The monoisotopic (exact) mass is 268 g/mol. The molecule has 1 aromatic rings. The minimum absolute atomic E-state index is 0.169. The van der Waals surface area contributed by atoms with Crippen LogP contribution in [-0.2, 0) is 0 Å². The molecule has 0 fully saturated rings. The van der Waals surface area contributed by atoms with Crippen molar-refractivity contribution in [2.45, 2.75) is 13.1 Å². The Morgan fingerprint density at radius 3 is 2.65 bits per heavy atom. The van der Waals surface area contributed by atoms with Gasteiger partial charge in [0.1, 0.15) is 11.4 Å². The number of rotatable bonds is 4. The quantitative estimate of drug-likeness (QED) is 0.899. The molecule has 1 rings (SSSR count). The van der Waals surface area contributed by atoms with E-state index < -0.39 is 25.2 Å². The Balaban J connectivity index is 2.84. The molecule has 17 heavy (non-hydrogen) atoms. The molecule has 1 amide bonds. The van der Waals surface area contributed by atoms with Gasteiger partial charge >= 0.3 is 6.18 Å². The summed E-state index contributed by atoms with van der Waals surface area (Å²) >= 11 is 0.987. The van der Waals surface area contributed by atoms with E-state index in [1.807, 2.05) is 0 Å². The fraction of sp³-hybridized carbons (Fsp3) is 0.556. The first-order chi connectivity index (χ1) is 7.85. The Hall–Kier alpha value is -1.15. The van der Waals surface area contributed by atoms with Crippen LogP contribution in [0.4, 0.5) is 13.2 Å². The number of alkyl halides is 3. The highest BCUT2D eigenvalue weighted by molar-refractivity contribution is 7.11. The van der Waals surface area contributed by atoms with Crippen LogP contribution in [0.15, 0.2) is 5.51 Å². The zero-order valence-corrected chi connectivity index (χ0v) is 9.81. The number of carbonyl (C=O) groups excluding carboxylic acids is 1. The van der Waals surface area contributed by atoms with Crippen molar-refractivity contribution >= 4 is 17.2 Å². The van der Waals surface area contributed by atoms with Crippen LogP contribution in [0, 0.1) is 6.92 Å². The van der Waals surface area contributed by atoms with E-state index in [4.69, 9.17) is 5.11 Å². The van der Waals surface area contributed by atoms with E-state index in [0.717, 1.165) is 11.3 Å². The van der Waals surface area contributed by atoms with Crippen LogP contribution in [0.1, 0.15) is 15.4 Å². The van der Waals surface area contributed by atoms with Gasteiger partial charge in [0.15, 0.2) is 0 Å². The third kappa shape index (κ3) is 3.97. The molecule has 0 unspecified atom stereocenters. The van der Waals surface area contributed by atoms with Crippen LogP contribution in [0.5, 0.6) is 0 Å². The topological polar surface area (TPSA) is 53.4 Å². The Kier molecular flexibility index (Phi) is 4.47. The molecule has 0 saturated heterocycles. The summed E-state index contributed by atoms with van der Waals surface area (Å²) in [6.45, 7) is -0.687. The highest BCUT2D eigenvalue weighted by atomic mass is 32.1. The molecule has 0 aliphatic heterocycles. The zero-order chi connectivity index (χ0) is 13.1. The largest absolute Gasteiger partial charge is 0.406 e. The fourth-order valence-corrected chi connectivity index (χ4v) is 2.01. The highest BCUT2D eigenvalue weighted by Crippen LogP contribution is 2.20. The molecule has 1 aromatic heterocycles. The molecule has 4 nitrogen and oxygen atoms in total. The van der Waals surface area contributed by atoms with Gasteiger partial charge in [-0.05, 0) is 6.92 Å². The number of carbonyl (C=O) groups is 1. The maximum Gasteiger partial charge on any atom is 0.406 e. The van der Waals surface area contributed by atoms with Gasteiger partial charge in [-0.2, -0.15) is 13.2 Å². The summed E-state index contributed by atoms with van der Waals surface area (Å²) in [7, 11) is 0. The first-order valence-corrected chi connectivity index (χ1v) is 5.60. The van der Waals surface area contributed by atoms with Gasteiger partial charge in [-0.25, -0.2) is 4.98 Å². The van der Waals surface area contributed by atoms with Gasteiger partial charge in [0.05, 0.1) is 17.8 Å². The van der Waals surface area contributed by atoms with Crippen LogP contribution in [0.2, 0.25) is 0 Å². The van der Waals surface area contributed by atoms with Gasteiger partial charge in [0.2, 0.25) is 0 Å². The fourth-order valence-electron chi connectivity index (χ4n) is 1.24. The standard InChI is InChI=1S/C9H11F3N2O2S/c1-6-7(17-5-13-6)8(16)14(2-3-15)4-9(10,11)12/h5,15H,2-4H2,1H3. The summed E-state index contributed by atoms with van der Waals surface area (Å²) in [6.07, 6.45) is -4.48. The molecule has 0 aliphatic rings. The summed E-state index contributed by atoms with van der Waals surface area (Å²) in [6, 6.07) is 0. The number of aliphatic hydroxyl groups excluding tert-OH is 1. The molecular formula is C9H11F3N2O2S. The Labute approximate surface area is 99.7 Å². The summed E-state index contributed by atoms with van der Waals surface area (Å²) in [5.74, 6) is -0.753. The first-order valence-electron chi connectivity index (χ1n) is 4.72. The second-order valence-corrected chi connectivity index (χ2v) is 4.19. The number of halogens is 3. The van der Waals surface area contributed by atoms with Crippen molar-refractivity contribution in [1.29, 1.82) is 0 Å². The van der Waals surface area contributed by atoms with E-state index in [-0.39, 0.29) is 11.4 Å². The third-order valence-corrected chi connectivity index (χ3v) is 2.88. The van der Waals surface area contributed by atoms with Gasteiger partial charge in [0.25, 0.3) is 5.91 Å². The molecular weight excluding hydrogens is 257 g/mol. The normalized spacial score (nSPS) is 11.6. The number of aryl methyl sites for hydroxylation is 1. The predicted molar refractivity (Wildman–Crippen MR) is 55.9 cm³/mol. The Morgan fingerprint density at radius 1 is 1.59 bits per heavy atom. The molecule has 8 heteroatoms. The average Bonchev–Trinajstić information content (AvgIpc) is 2.61. The van der Waals surface area contributed by atoms with Crippen molar-refractivity contribution in [3.05, 3.63) is 16.1 Å². The SMILES string of the molecule is Cc1ncsc1C(=O)N(CCO)CC(F)(F)F. The Bertz CT molecular complexity index is 392. The molecule has 96 valence electrons. The van der Waals surface area contributed by atoms with Gasteiger partial charge in [-0.1, -0.05) is 0 Å². The average molecular weight is 268 g/mol. The van der Waals surface area contributed by atoms with E-state index in [1.54, 1.807) is 6.92 Å². The summed E-state index contributed by atoms with van der Waals surface area (Å²) in [5, 5.41) is 8.68. The molecule has 0 spiro atoms. The van der Waals surface area contributed by atoms with Crippen molar-refractivity contribution in [3.8, 4) is 0 Å². The lowest BCUT2D eigenvalue weighted by Gasteiger charge is -2.22. The first kappa shape index (κ1) is 13.9. The van der Waals surface area contributed by atoms with Crippen LogP contribution in [0.25, 0.3) is 0 Å². The summed E-state index contributed by atoms with van der Waals surface area (Å²) < 4.78 is 36.7. The van der Waals surface area contributed by atoms with E-state index in [1.165, 1.54) is 5.51 Å². The minimum Gasteiger partial charge on any atom is -0.395 e. The summed E-state index contributed by atoms with van der Waals surface area (Å²) in [4.78, 5) is 16.3. The summed E-state index contributed by atoms with van der Waals surface area (Å²) in [5.41, 5.74) is 1.79. The highest BCUT2D eigenvalue weighted by Gasteiger charge is 2.33. The minimum atomic E-state index is -4.48. The van der Waals surface area contributed by atoms with Crippen molar-refractivity contribution in [3.63, 3.8) is 0 Å². The number of amides is 1. The second kappa shape index (κ2) is 5.46. The van der Waals surface area contributed by atoms with E-state index in [9.17, 15) is 18.0 Å². The van der Waals surface area contributed by atoms with Crippen LogP contribution >= 0.6 is 11.3 Å². The molecule has 0 aliphatic carbocycles. The number of hydrogen-bond acceptors (Lipinski definition) is 4. The molecule has 0 radical (unpaired) electrons. The number of aliphatic hydroxyl groups is 1. The third-order valence-electron chi connectivity index (χ3n) is 1.97. The van der Waals surface area contributed by atoms with E-state index >= 15 is 0 Å². The molecule has 0 saturated carbocycles. The lowest BCUT2D eigenvalue weighted by atomic mass is 10.3. The van der Waals surface area contributed by atoms with E-state index in [2.05, 4.69) is 4.98 Å². The van der Waals surface area contributed by atoms with Crippen molar-refractivity contribution in [1.82, 2.24) is 9.88 Å². The number of aromatic nitrogens is 1. The number of hydrogen-bond donors (Lipinski definition) is 1. The lowest BCUT2D eigenvalue weighted by Crippen LogP contribution is -2.40. The van der Waals surface area contributed by atoms with E-state index in [0.29, 0.717) is 10.6 Å². The predicted octanol–water partition coefficient (Wildman–Crippen LogP) is 1.45. The molecule has 0 bridgehead atoms. The lowest BCUT2D eigenvalue weighted by molar-refractivity contribution is -0.141. The van der Waals surface area contributed by atoms with Crippen LogP contribution < -0.4 is 0 Å². The molecule has 1 N–H and O–H groups in total. The maximum absolute atomic E-state index is 12.2.